The fraction of sp³-hybridized carbons (Fsp3) is 0.273. The average Bonchev–Trinajstić information content (AvgIpc) is 2.62. The summed E-state index contributed by atoms with van der Waals surface area (Å²) in [5.74, 6) is -3.17. The van der Waals surface area contributed by atoms with Crippen LogP contribution in [0.4, 0.5) is 0 Å². The lowest BCUT2D eigenvalue weighted by Gasteiger charge is -2.09. The molecule has 1 rings (SSSR count). The maximum absolute atomic E-state index is 11.0. The van der Waals surface area contributed by atoms with E-state index in [9.17, 15) is 9.59 Å². The van der Waals surface area contributed by atoms with Crippen LogP contribution in [0, 0.1) is 0 Å². The summed E-state index contributed by atoms with van der Waals surface area (Å²) in [6.45, 7) is 3.58. The minimum Gasteiger partial charge on any atom is -0.481 e. The molecule has 1 unspecified atom stereocenters. The van der Waals surface area contributed by atoms with Crippen molar-refractivity contribution in [2.24, 2.45) is 0 Å². The predicted molar refractivity (Wildman–Crippen MR) is 60.8 cm³/mol. The smallest absolute Gasteiger partial charge is 0.312 e. The average molecular weight is 240 g/mol. The first kappa shape index (κ1) is 12.4. The van der Waals surface area contributed by atoms with Crippen molar-refractivity contribution in [3.63, 3.8) is 0 Å². The van der Waals surface area contributed by atoms with Crippen molar-refractivity contribution >= 4 is 23.3 Å². The zero-order chi connectivity index (χ0) is 12.1. The van der Waals surface area contributed by atoms with Gasteiger partial charge in [0.2, 0.25) is 0 Å². The molecule has 1 heterocycles. The molecule has 0 bridgehead atoms. The number of carboxylic acids is 2. The first-order valence-electron chi connectivity index (χ1n) is 4.68. The van der Waals surface area contributed by atoms with Crippen molar-refractivity contribution in [1.82, 2.24) is 0 Å². The molecule has 0 saturated carbocycles. The fourth-order valence-electron chi connectivity index (χ4n) is 1.44. The van der Waals surface area contributed by atoms with E-state index in [0.29, 0.717) is 11.3 Å². The molecule has 0 aliphatic heterocycles. The van der Waals surface area contributed by atoms with Crippen LogP contribution in [0.1, 0.15) is 22.8 Å². The van der Waals surface area contributed by atoms with Crippen LogP contribution in [0.15, 0.2) is 24.1 Å². The molecule has 0 spiro atoms. The molecule has 0 aliphatic carbocycles. The molecule has 1 aromatic rings. The highest BCUT2D eigenvalue weighted by atomic mass is 32.1. The van der Waals surface area contributed by atoms with Gasteiger partial charge in [-0.1, -0.05) is 6.08 Å². The molecule has 2 N–H and O–H groups in total. The molecule has 1 aromatic heterocycles. The zero-order valence-electron chi connectivity index (χ0n) is 8.55. The third kappa shape index (κ3) is 2.93. The number of carboxylic acid groups (broad SMARTS) is 2. The van der Waals surface area contributed by atoms with Crippen LogP contribution in [-0.4, -0.2) is 22.2 Å². The Hall–Kier alpha value is -1.62. The molecule has 1 atom stereocenters. The lowest BCUT2D eigenvalue weighted by molar-refractivity contribution is -0.145. The van der Waals surface area contributed by atoms with Gasteiger partial charge in [0.05, 0.1) is 6.42 Å². The van der Waals surface area contributed by atoms with E-state index in [4.69, 9.17) is 10.2 Å². The standard InChI is InChI=1S/C11H12O4S/c1-2-3-7-4-5-16-10(7)8(11(14)15)6-9(12)13/h2,4-5,8H,1,3,6H2,(H,12,13)(H,14,15). The van der Waals surface area contributed by atoms with Crippen LogP contribution in [0.3, 0.4) is 0 Å². The summed E-state index contributed by atoms with van der Waals surface area (Å²) in [4.78, 5) is 22.2. The monoisotopic (exact) mass is 240 g/mol. The van der Waals surface area contributed by atoms with Gasteiger partial charge < -0.3 is 10.2 Å². The lowest BCUT2D eigenvalue weighted by Crippen LogP contribution is -2.15. The number of allylic oxidation sites excluding steroid dienone is 1. The van der Waals surface area contributed by atoms with Crippen LogP contribution in [0.25, 0.3) is 0 Å². The number of thiophene rings is 1. The lowest BCUT2D eigenvalue weighted by atomic mass is 9.99. The molecule has 4 nitrogen and oxygen atoms in total. The van der Waals surface area contributed by atoms with Gasteiger partial charge in [0.1, 0.15) is 5.92 Å². The normalized spacial score (nSPS) is 12.0. The highest BCUT2D eigenvalue weighted by Crippen LogP contribution is 2.29. The van der Waals surface area contributed by atoms with E-state index in [1.54, 1.807) is 17.5 Å². The topological polar surface area (TPSA) is 74.6 Å². The Kier molecular flexibility index (Phi) is 4.25. The van der Waals surface area contributed by atoms with E-state index in [-0.39, 0.29) is 6.42 Å². The van der Waals surface area contributed by atoms with Gasteiger partial charge in [-0.15, -0.1) is 17.9 Å². The van der Waals surface area contributed by atoms with Gasteiger partial charge in [-0.3, -0.25) is 9.59 Å². The molecular weight excluding hydrogens is 228 g/mol. The highest BCUT2D eigenvalue weighted by Gasteiger charge is 2.26. The van der Waals surface area contributed by atoms with Gasteiger partial charge >= 0.3 is 11.9 Å². The second kappa shape index (κ2) is 5.46. The summed E-state index contributed by atoms with van der Waals surface area (Å²) in [6.07, 6.45) is 1.84. The fourth-order valence-corrected chi connectivity index (χ4v) is 2.47. The Labute approximate surface area is 96.8 Å². The first-order chi connectivity index (χ1) is 7.56. The zero-order valence-corrected chi connectivity index (χ0v) is 9.37. The Morgan fingerprint density at radius 1 is 1.50 bits per heavy atom. The van der Waals surface area contributed by atoms with Gasteiger partial charge in [0.25, 0.3) is 0 Å². The first-order valence-corrected chi connectivity index (χ1v) is 5.56. The van der Waals surface area contributed by atoms with E-state index >= 15 is 0 Å². The van der Waals surface area contributed by atoms with E-state index in [0.717, 1.165) is 5.56 Å². The summed E-state index contributed by atoms with van der Waals surface area (Å²) in [5, 5.41) is 19.4. The van der Waals surface area contributed by atoms with Crippen molar-refractivity contribution in [3.8, 4) is 0 Å². The highest BCUT2D eigenvalue weighted by molar-refractivity contribution is 7.10. The molecule has 0 fully saturated rings. The number of hydrogen-bond acceptors (Lipinski definition) is 3. The van der Waals surface area contributed by atoms with E-state index in [1.807, 2.05) is 0 Å². The van der Waals surface area contributed by atoms with E-state index < -0.39 is 17.9 Å². The maximum atomic E-state index is 11.0. The molecule has 0 aliphatic rings. The largest absolute Gasteiger partial charge is 0.481 e. The Balaban J connectivity index is 3.00. The molecule has 16 heavy (non-hydrogen) atoms. The molecule has 0 radical (unpaired) electrons. The molecule has 5 heteroatoms. The predicted octanol–water partition coefficient (Wildman–Crippen LogP) is 2.12. The number of aliphatic carboxylic acids is 2. The SMILES string of the molecule is C=CCc1ccsc1C(CC(=O)O)C(=O)O. The number of hydrogen-bond donors (Lipinski definition) is 2. The third-order valence-electron chi connectivity index (χ3n) is 2.14. The Morgan fingerprint density at radius 2 is 2.19 bits per heavy atom. The van der Waals surface area contributed by atoms with Crippen LogP contribution >= 0.6 is 11.3 Å². The second-order valence-electron chi connectivity index (χ2n) is 3.29. The number of rotatable bonds is 6. The Bertz CT molecular complexity index is 408. The van der Waals surface area contributed by atoms with Gasteiger partial charge in [-0.05, 0) is 23.4 Å². The molecule has 86 valence electrons. The molecule has 0 aromatic carbocycles. The van der Waals surface area contributed by atoms with Crippen molar-refractivity contribution in [2.45, 2.75) is 18.8 Å². The molecular formula is C11H12O4S. The second-order valence-corrected chi connectivity index (χ2v) is 4.24. The van der Waals surface area contributed by atoms with Gasteiger partial charge in [0, 0.05) is 4.88 Å². The van der Waals surface area contributed by atoms with Crippen molar-refractivity contribution in [2.75, 3.05) is 0 Å². The van der Waals surface area contributed by atoms with Crippen molar-refractivity contribution < 1.29 is 19.8 Å². The minimum absolute atomic E-state index is 0.389. The quantitative estimate of drug-likeness (QED) is 0.747. The summed E-state index contributed by atoms with van der Waals surface area (Å²) in [5.41, 5.74) is 0.841. The summed E-state index contributed by atoms with van der Waals surface area (Å²) >= 11 is 1.28. The van der Waals surface area contributed by atoms with Gasteiger partial charge in [-0.2, -0.15) is 0 Å². The van der Waals surface area contributed by atoms with Crippen LogP contribution in [0.2, 0.25) is 0 Å². The number of carbonyl (C=O) groups is 2. The van der Waals surface area contributed by atoms with Crippen LogP contribution in [-0.2, 0) is 16.0 Å². The van der Waals surface area contributed by atoms with Crippen LogP contribution in [0.5, 0.6) is 0 Å². The molecule has 0 saturated heterocycles. The van der Waals surface area contributed by atoms with Gasteiger partial charge in [0.15, 0.2) is 0 Å². The van der Waals surface area contributed by atoms with E-state index in [1.165, 1.54) is 11.3 Å². The Morgan fingerprint density at radius 3 is 2.69 bits per heavy atom. The summed E-state index contributed by atoms with van der Waals surface area (Å²) < 4.78 is 0. The van der Waals surface area contributed by atoms with Crippen molar-refractivity contribution in [1.29, 1.82) is 0 Å². The summed E-state index contributed by atoms with van der Waals surface area (Å²) in [7, 11) is 0. The molecule has 0 amide bonds. The van der Waals surface area contributed by atoms with Crippen LogP contribution < -0.4 is 0 Å². The van der Waals surface area contributed by atoms with E-state index in [2.05, 4.69) is 6.58 Å². The summed E-state index contributed by atoms with van der Waals surface area (Å²) in [6, 6.07) is 1.81. The third-order valence-corrected chi connectivity index (χ3v) is 3.21. The minimum atomic E-state index is -1.11. The maximum Gasteiger partial charge on any atom is 0.312 e. The van der Waals surface area contributed by atoms with Crippen molar-refractivity contribution in [3.05, 3.63) is 34.5 Å². The van der Waals surface area contributed by atoms with Gasteiger partial charge in [-0.25, -0.2) is 0 Å².